The summed E-state index contributed by atoms with van der Waals surface area (Å²) in [7, 11) is 0. The zero-order valence-electron chi connectivity index (χ0n) is 30.1. The average Bonchev–Trinajstić information content (AvgIpc) is 3.95. The van der Waals surface area contributed by atoms with E-state index in [1.165, 1.54) is 5.39 Å². The summed E-state index contributed by atoms with van der Waals surface area (Å²) in [5.74, 6) is 0. The highest BCUT2D eigenvalue weighted by Crippen LogP contribution is 2.47. The molecule has 0 unspecified atom stereocenters. The lowest BCUT2D eigenvalue weighted by Crippen LogP contribution is -2.11. The highest BCUT2D eigenvalue weighted by molar-refractivity contribution is 6.17. The Bertz CT molecular complexity index is 3490. The van der Waals surface area contributed by atoms with Crippen molar-refractivity contribution in [1.29, 1.82) is 0 Å². The van der Waals surface area contributed by atoms with Gasteiger partial charge in [0.15, 0.2) is 0 Å². The molecule has 0 fully saturated rings. The van der Waals surface area contributed by atoms with Crippen molar-refractivity contribution in [3.8, 4) is 22.3 Å². The van der Waals surface area contributed by atoms with E-state index in [1.54, 1.807) is 0 Å². The van der Waals surface area contributed by atoms with E-state index in [-0.39, 0.29) is 0 Å². The zero-order valence-corrected chi connectivity index (χ0v) is 30.1. The largest absolute Gasteiger partial charge is 0.456 e. The van der Waals surface area contributed by atoms with Crippen LogP contribution in [0.2, 0.25) is 0 Å². The van der Waals surface area contributed by atoms with Crippen molar-refractivity contribution in [3.63, 3.8) is 0 Å². The molecule has 0 aliphatic rings. The van der Waals surface area contributed by atoms with Gasteiger partial charge in [0.25, 0.3) is 0 Å². The SMILES string of the molecule is c1ccc(N(c2ccc(-c3ccc4c(c3)oc3ccccc34)cc2)c2cccc3oc4ccccc4c23)c(-c2ccc3oc4c5ccccc5ccc4c3c2)c1. The molecule has 9 aromatic carbocycles. The van der Waals surface area contributed by atoms with Crippen molar-refractivity contribution in [2.75, 3.05) is 4.90 Å². The van der Waals surface area contributed by atoms with Crippen LogP contribution in [0.4, 0.5) is 17.1 Å². The Morgan fingerprint density at radius 3 is 1.84 bits per heavy atom. The van der Waals surface area contributed by atoms with E-state index in [1.807, 2.05) is 24.3 Å². The van der Waals surface area contributed by atoms with Crippen LogP contribution in [0.15, 0.2) is 201 Å². The summed E-state index contributed by atoms with van der Waals surface area (Å²) in [6, 6.07) is 66.2. The minimum Gasteiger partial charge on any atom is -0.456 e. The fraction of sp³-hybridized carbons (Fsp3) is 0. The summed E-state index contributed by atoms with van der Waals surface area (Å²) in [6.07, 6.45) is 0. The van der Waals surface area contributed by atoms with Crippen LogP contribution in [0.25, 0.3) is 98.8 Å². The van der Waals surface area contributed by atoms with E-state index >= 15 is 0 Å². The molecule has 0 atom stereocenters. The molecule has 3 aromatic heterocycles. The van der Waals surface area contributed by atoms with E-state index in [2.05, 4.69) is 169 Å². The number of hydrogen-bond acceptors (Lipinski definition) is 4. The van der Waals surface area contributed by atoms with Gasteiger partial charge in [0.2, 0.25) is 0 Å². The molecule has 0 aliphatic carbocycles. The smallest absolute Gasteiger partial charge is 0.143 e. The van der Waals surface area contributed by atoms with E-state index in [0.29, 0.717) is 0 Å². The standard InChI is InChI=1S/C52H31NO3/c1-2-12-38-33(10-1)22-28-41-43-30-35(24-29-48(43)56-52(38)41)37-11-3-6-15-44(37)53(45-16-9-19-49-51(45)42-14-5-8-18-47(42)54-49)36-25-20-32(21-26-36)34-23-27-40-39-13-4-7-17-46(39)55-50(40)31-34/h1-31H. The van der Waals surface area contributed by atoms with Crippen molar-refractivity contribution in [1.82, 2.24) is 0 Å². The quantitative estimate of drug-likeness (QED) is 0.178. The molecule has 0 aliphatic heterocycles. The summed E-state index contributed by atoms with van der Waals surface area (Å²) in [4.78, 5) is 2.37. The number of rotatable bonds is 5. The first-order valence-electron chi connectivity index (χ1n) is 18.9. The maximum atomic E-state index is 6.51. The van der Waals surface area contributed by atoms with Gasteiger partial charge in [-0.1, -0.05) is 115 Å². The lowest BCUT2D eigenvalue weighted by Gasteiger charge is -2.28. The van der Waals surface area contributed by atoms with Crippen molar-refractivity contribution in [2.24, 2.45) is 0 Å². The predicted molar refractivity (Wildman–Crippen MR) is 231 cm³/mol. The second kappa shape index (κ2) is 12.0. The van der Waals surface area contributed by atoms with E-state index in [0.717, 1.165) is 111 Å². The van der Waals surface area contributed by atoms with Crippen LogP contribution in [0.5, 0.6) is 0 Å². The second-order valence-corrected chi connectivity index (χ2v) is 14.4. The summed E-state index contributed by atoms with van der Waals surface area (Å²) in [6.45, 7) is 0. The van der Waals surface area contributed by atoms with E-state index < -0.39 is 0 Å². The van der Waals surface area contributed by atoms with E-state index in [4.69, 9.17) is 13.3 Å². The summed E-state index contributed by atoms with van der Waals surface area (Å²) < 4.78 is 19.2. The van der Waals surface area contributed by atoms with Gasteiger partial charge in [-0.05, 0) is 94.9 Å². The third-order valence-electron chi connectivity index (χ3n) is 11.3. The lowest BCUT2D eigenvalue weighted by molar-refractivity contribution is 0.668. The van der Waals surface area contributed by atoms with Crippen LogP contribution in [0, 0.1) is 0 Å². The molecule has 12 rings (SSSR count). The molecule has 0 saturated heterocycles. The van der Waals surface area contributed by atoms with Gasteiger partial charge in [-0.25, -0.2) is 0 Å². The zero-order chi connectivity index (χ0) is 36.7. The molecule has 0 radical (unpaired) electrons. The molecule has 262 valence electrons. The highest BCUT2D eigenvalue weighted by atomic mass is 16.3. The first kappa shape index (κ1) is 30.9. The maximum absolute atomic E-state index is 6.51. The van der Waals surface area contributed by atoms with Gasteiger partial charge in [0.1, 0.15) is 33.5 Å². The molecule has 0 bridgehead atoms. The van der Waals surface area contributed by atoms with Gasteiger partial charge in [-0.2, -0.15) is 0 Å². The fourth-order valence-corrected chi connectivity index (χ4v) is 8.64. The number of nitrogens with zero attached hydrogens (tertiary/aromatic N) is 1. The van der Waals surface area contributed by atoms with Gasteiger partial charge in [0.05, 0.1) is 16.8 Å². The monoisotopic (exact) mass is 717 g/mol. The Morgan fingerprint density at radius 1 is 0.321 bits per heavy atom. The third-order valence-corrected chi connectivity index (χ3v) is 11.3. The number of benzene rings is 9. The van der Waals surface area contributed by atoms with Crippen LogP contribution in [0.1, 0.15) is 0 Å². The van der Waals surface area contributed by atoms with Gasteiger partial charge in [0, 0.05) is 43.6 Å². The van der Waals surface area contributed by atoms with Crippen LogP contribution in [-0.4, -0.2) is 0 Å². The van der Waals surface area contributed by atoms with Crippen molar-refractivity contribution in [3.05, 3.63) is 188 Å². The molecular formula is C52H31NO3. The minimum absolute atomic E-state index is 0.848. The molecule has 3 heterocycles. The van der Waals surface area contributed by atoms with Crippen molar-refractivity contribution in [2.45, 2.75) is 0 Å². The molecule has 0 N–H and O–H groups in total. The molecule has 12 aromatic rings. The first-order valence-corrected chi connectivity index (χ1v) is 18.9. The fourth-order valence-electron chi connectivity index (χ4n) is 8.64. The van der Waals surface area contributed by atoms with Gasteiger partial charge in [-0.3, -0.25) is 0 Å². The van der Waals surface area contributed by atoms with Crippen LogP contribution in [0.3, 0.4) is 0 Å². The molecule has 56 heavy (non-hydrogen) atoms. The topological polar surface area (TPSA) is 42.7 Å². The summed E-state index contributed by atoms with van der Waals surface area (Å²) in [5, 5.41) is 8.90. The van der Waals surface area contributed by atoms with Crippen LogP contribution in [-0.2, 0) is 0 Å². The Morgan fingerprint density at radius 2 is 0.946 bits per heavy atom. The van der Waals surface area contributed by atoms with Gasteiger partial charge in [-0.15, -0.1) is 0 Å². The Labute approximate surface area is 321 Å². The van der Waals surface area contributed by atoms with Gasteiger partial charge >= 0.3 is 0 Å². The normalized spacial score (nSPS) is 11.9. The van der Waals surface area contributed by atoms with Crippen LogP contribution >= 0.6 is 0 Å². The van der Waals surface area contributed by atoms with Crippen LogP contribution < -0.4 is 4.90 Å². The van der Waals surface area contributed by atoms with E-state index in [9.17, 15) is 0 Å². The number of hydrogen-bond donors (Lipinski definition) is 0. The number of fused-ring (bicyclic) bond motifs is 11. The molecule has 0 amide bonds. The van der Waals surface area contributed by atoms with Crippen molar-refractivity contribution >= 4 is 93.7 Å². The Hall–Kier alpha value is -7.56. The molecular weight excluding hydrogens is 687 g/mol. The molecule has 4 nitrogen and oxygen atoms in total. The van der Waals surface area contributed by atoms with Gasteiger partial charge < -0.3 is 18.2 Å². The Balaban J connectivity index is 1.04. The number of anilines is 3. The first-order chi connectivity index (χ1) is 27.7. The summed E-state index contributed by atoms with van der Waals surface area (Å²) in [5.41, 5.74) is 12.8. The van der Waals surface area contributed by atoms with Crippen molar-refractivity contribution < 1.29 is 13.3 Å². The predicted octanol–water partition coefficient (Wildman–Crippen LogP) is 15.3. The molecule has 0 spiro atoms. The second-order valence-electron chi connectivity index (χ2n) is 14.4. The maximum Gasteiger partial charge on any atom is 0.143 e. The molecule has 0 saturated carbocycles. The third kappa shape index (κ3) is 4.66. The lowest BCUT2D eigenvalue weighted by atomic mass is 9.98. The minimum atomic E-state index is 0.848. The highest BCUT2D eigenvalue weighted by Gasteiger charge is 2.23. The Kier molecular flexibility index (Phi) is 6.60. The number of para-hydroxylation sites is 3. The number of furan rings is 3. The summed E-state index contributed by atoms with van der Waals surface area (Å²) >= 11 is 0. The molecule has 4 heteroatoms. The average molecular weight is 718 g/mol.